The third kappa shape index (κ3) is 3.95. The minimum absolute atomic E-state index is 0.0887. The van der Waals surface area contributed by atoms with Crippen LogP contribution in [0.5, 0.6) is 0 Å². The molecule has 1 fully saturated rings. The Hall–Kier alpha value is -1.15. The van der Waals surface area contributed by atoms with Crippen molar-refractivity contribution in [3.05, 3.63) is 35.9 Å². The van der Waals surface area contributed by atoms with Crippen LogP contribution in [0.4, 0.5) is 0 Å². The summed E-state index contributed by atoms with van der Waals surface area (Å²) in [5.41, 5.74) is 1.32. The second-order valence-electron chi connectivity index (χ2n) is 5.53. The molecular formula is C16H23NO. The fourth-order valence-electron chi connectivity index (χ4n) is 2.52. The molecule has 0 bridgehead atoms. The van der Waals surface area contributed by atoms with E-state index in [1.165, 1.54) is 18.4 Å². The highest BCUT2D eigenvalue weighted by molar-refractivity contribution is 5.81. The number of hydrogen-bond acceptors (Lipinski definition) is 2. The Balaban J connectivity index is 1.87. The van der Waals surface area contributed by atoms with Gasteiger partial charge in [-0.2, -0.15) is 0 Å². The Morgan fingerprint density at radius 3 is 2.56 bits per heavy atom. The number of hydrogen-bond donors (Lipinski definition) is 0. The van der Waals surface area contributed by atoms with Crippen molar-refractivity contribution in [2.75, 3.05) is 13.6 Å². The Kier molecular flexibility index (Phi) is 4.54. The van der Waals surface area contributed by atoms with E-state index in [1.807, 2.05) is 6.07 Å². The van der Waals surface area contributed by atoms with Gasteiger partial charge in [0.25, 0.3) is 0 Å². The lowest BCUT2D eigenvalue weighted by molar-refractivity contribution is -0.122. The van der Waals surface area contributed by atoms with Crippen molar-refractivity contribution in [3.63, 3.8) is 0 Å². The summed E-state index contributed by atoms with van der Waals surface area (Å²) in [6, 6.07) is 10.5. The SMILES string of the molecule is CC(=O)C(CCc1ccccc1)N(C)CC1CC1. The van der Waals surface area contributed by atoms with E-state index >= 15 is 0 Å². The third-order valence-corrected chi connectivity index (χ3v) is 3.79. The zero-order valence-corrected chi connectivity index (χ0v) is 11.4. The lowest BCUT2D eigenvalue weighted by Gasteiger charge is -2.26. The fourth-order valence-corrected chi connectivity index (χ4v) is 2.52. The van der Waals surface area contributed by atoms with Gasteiger partial charge >= 0.3 is 0 Å². The molecule has 1 aromatic rings. The monoisotopic (exact) mass is 245 g/mol. The topological polar surface area (TPSA) is 20.3 Å². The summed E-state index contributed by atoms with van der Waals surface area (Å²) in [7, 11) is 2.09. The number of Topliss-reactive ketones (excluding diaryl/α,β-unsaturated/α-hetero) is 1. The first-order chi connectivity index (χ1) is 8.66. The third-order valence-electron chi connectivity index (χ3n) is 3.79. The molecule has 1 aliphatic rings. The van der Waals surface area contributed by atoms with Gasteiger partial charge in [0.15, 0.2) is 0 Å². The molecular weight excluding hydrogens is 222 g/mol. The van der Waals surface area contributed by atoms with Gasteiger partial charge in [0.1, 0.15) is 5.78 Å². The molecule has 0 radical (unpaired) electrons. The highest BCUT2D eigenvalue weighted by Gasteiger charge is 2.27. The fraction of sp³-hybridized carbons (Fsp3) is 0.562. The van der Waals surface area contributed by atoms with Crippen LogP contribution in [0.2, 0.25) is 0 Å². The maximum Gasteiger partial charge on any atom is 0.146 e. The van der Waals surface area contributed by atoms with Crippen LogP contribution in [0.3, 0.4) is 0 Å². The zero-order chi connectivity index (χ0) is 13.0. The molecule has 1 saturated carbocycles. The van der Waals surface area contributed by atoms with E-state index < -0.39 is 0 Å². The van der Waals surface area contributed by atoms with E-state index in [2.05, 4.69) is 36.2 Å². The van der Waals surface area contributed by atoms with Gasteiger partial charge in [-0.3, -0.25) is 9.69 Å². The number of rotatable bonds is 7. The van der Waals surface area contributed by atoms with E-state index in [0.717, 1.165) is 25.3 Å². The molecule has 2 heteroatoms. The number of nitrogens with zero attached hydrogens (tertiary/aromatic N) is 1. The number of carbonyl (C=O) groups excluding carboxylic acids is 1. The first-order valence-electron chi connectivity index (χ1n) is 6.91. The first kappa shape index (κ1) is 13.3. The molecule has 0 N–H and O–H groups in total. The number of likely N-dealkylation sites (N-methyl/N-ethyl adjacent to an activating group) is 1. The van der Waals surface area contributed by atoms with E-state index in [0.29, 0.717) is 5.78 Å². The Morgan fingerprint density at radius 2 is 2.00 bits per heavy atom. The predicted molar refractivity (Wildman–Crippen MR) is 74.6 cm³/mol. The molecule has 0 heterocycles. The average Bonchev–Trinajstić information content (AvgIpc) is 3.14. The molecule has 0 aromatic heterocycles. The maximum atomic E-state index is 11.8. The molecule has 0 saturated heterocycles. The van der Waals surface area contributed by atoms with Crippen molar-refractivity contribution in [1.29, 1.82) is 0 Å². The molecule has 1 aromatic carbocycles. The van der Waals surface area contributed by atoms with Crippen LogP contribution in [0.25, 0.3) is 0 Å². The van der Waals surface area contributed by atoms with Crippen LogP contribution < -0.4 is 0 Å². The lowest BCUT2D eigenvalue weighted by Crippen LogP contribution is -2.38. The van der Waals surface area contributed by atoms with Crippen LogP contribution in [0.15, 0.2) is 30.3 Å². The van der Waals surface area contributed by atoms with Crippen molar-refractivity contribution < 1.29 is 4.79 Å². The summed E-state index contributed by atoms with van der Waals surface area (Å²) in [6.45, 7) is 2.80. The second-order valence-corrected chi connectivity index (χ2v) is 5.53. The van der Waals surface area contributed by atoms with Gasteiger partial charge in [0, 0.05) is 6.54 Å². The quantitative estimate of drug-likeness (QED) is 0.736. The summed E-state index contributed by atoms with van der Waals surface area (Å²) >= 11 is 0. The van der Waals surface area contributed by atoms with Crippen molar-refractivity contribution in [2.45, 2.75) is 38.6 Å². The van der Waals surface area contributed by atoms with Gasteiger partial charge in [0.05, 0.1) is 6.04 Å². The van der Waals surface area contributed by atoms with Gasteiger partial charge < -0.3 is 0 Å². The molecule has 0 amide bonds. The van der Waals surface area contributed by atoms with Gasteiger partial charge in [-0.25, -0.2) is 0 Å². The van der Waals surface area contributed by atoms with E-state index in [4.69, 9.17) is 0 Å². The highest BCUT2D eigenvalue weighted by atomic mass is 16.1. The molecule has 0 spiro atoms. The second kappa shape index (κ2) is 6.14. The Morgan fingerprint density at radius 1 is 1.33 bits per heavy atom. The van der Waals surface area contributed by atoms with Crippen LogP contribution >= 0.6 is 0 Å². The van der Waals surface area contributed by atoms with E-state index in [9.17, 15) is 4.79 Å². The van der Waals surface area contributed by atoms with Crippen LogP contribution in [0, 0.1) is 5.92 Å². The summed E-state index contributed by atoms with van der Waals surface area (Å²) in [6.07, 6.45) is 4.60. The van der Waals surface area contributed by atoms with Crippen molar-refractivity contribution in [3.8, 4) is 0 Å². The summed E-state index contributed by atoms with van der Waals surface area (Å²) in [5.74, 6) is 1.14. The summed E-state index contributed by atoms with van der Waals surface area (Å²) in [4.78, 5) is 14.0. The predicted octanol–water partition coefficient (Wildman–Crippen LogP) is 2.92. The van der Waals surface area contributed by atoms with Crippen molar-refractivity contribution in [2.24, 2.45) is 5.92 Å². The van der Waals surface area contributed by atoms with Gasteiger partial charge in [0.2, 0.25) is 0 Å². The highest BCUT2D eigenvalue weighted by Crippen LogP contribution is 2.30. The van der Waals surface area contributed by atoms with Crippen LogP contribution in [-0.2, 0) is 11.2 Å². The minimum Gasteiger partial charge on any atom is -0.298 e. The standard InChI is InChI=1S/C16H23NO/c1-13(18)16(17(2)12-15-8-9-15)11-10-14-6-4-3-5-7-14/h3-7,15-16H,8-12H2,1-2H3. The maximum absolute atomic E-state index is 11.8. The molecule has 2 rings (SSSR count). The Bertz CT molecular complexity index is 383. The molecule has 0 aliphatic heterocycles. The summed E-state index contributed by atoms with van der Waals surface area (Å²) < 4.78 is 0. The number of aryl methyl sites for hydroxylation is 1. The molecule has 2 nitrogen and oxygen atoms in total. The van der Waals surface area contributed by atoms with Gasteiger partial charge in [-0.15, -0.1) is 0 Å². The number of ketones is 1. The zero-order valence-electron chi connectivity index (χ0n) is 11.4. The van der Waals surface area contributed by atoms with Gasteiger partial charge in [-0.1, -0.05) is 30.3 Å². The average molecular weight is 245 g/mol. The minimum atomic E-state index is 0.0887. The van der Waals surface area contributed by atoms with Gasteiger partial charge in [-0.05, 0) is 51.1 Å². The first-order valence-corrected chi connectivity index (χ1v) is 6.91. The molecule has 18 heavy (non-hydrogen) atoms. The molecule has 1 aliphatic carbocycles. The van der Waals surface area contributed by atoms with Crippen molar-refractivity contribution in [1.82, 2.24) is 4.90 Å². The van der Waals surface area contributed by atoms with Crippen molar-refractivity contribution >= 4 is 5.78 Å². The lowest BCUT2D eigenvalue weighted by atomic mass is 10.0. The smallest absolute Gasteiger partial charge is 0.146 e. The summed E-state index contributed by atoms with van der Waals surface area (Å²) in [5, 5.41) is 0. The molecule has 1 unspecified atom stereocenters. The molecule has 98 valence electrons. The largest absolute Gasteiger partial charge is 0.298 e. The van der Waals surface area contributed by atoms with E-state index in [1.54, 1.807) is 6.92 Å². The number of benzene rings is 1. The molecule has 1 atom stereocenters. The Labute approximate surface area is 110 Å². The number of carbonyl (C=O) groups is 1. The normalized spacial score (nSPS) is 16.8. The van der Waals surface area contributed by atoms with Crippen LogP contribution in [0.1, 0.15) is 31.7 Å². The van der Waals surface area contributed by atoms with Crippen LogP contribution in [-0.4, -0.2) is 30.3 Å². The van der Waals surface area contributed by atoms with E-state index in [-0.39, 0.29) is 6.04 Å².